The maximum absolute atomic E-state index is 12.7. The van der Waals surface area contributed by atoms with Crippen LogP contribution in [-0.2, 0) is 14.3 Å². The van der Waals surface area contributed by atoms with Gasteiger partial charge in [0.2, 0.25) is 0 Å². The lowest BCUT2D eigenvalue weighted by molar-refractivity contribution is -0.180. The largest absolute Gasteiger partial charge is 0.483 e. The van der Waals surface area contributed by atoms with Crippen molar-refractivity contribution in [1.29, 1.82) is 0 Å². The second kappa shape index (κ2) is 11.4. The van der Waals surface area contributed by atoms with E-state index in [-0.39, 0.29) is 36.0 Å². The molecular weight excluding hydrogens is 496 g/mol. The minimum absolute atomic E-state index is 0.00829. The van der Waals surface area contributed by atoms with Crippen molar-refractivity contribution < 1.29 is 28.5 Å². The predicted octanol–water partition coefficient (Wildman–Crippen LogP) is 5.80. The first-order valence-electron chi connectivity index (χ1n) is 14.2. The number of hydrogen-bond acceptors (Lipinski definition) is 6. The molecule has 3 heterocycles. The molecule has 2 fully saturated rings. The van der Waals surface area contributed by atoms with E-state index in [2.05, 4.69) is 38.2 Å². The van der Waals surface area contributed by atoms with Gasteiger partial charge in [-0.25, -0.2) is 4.79 Å². The minimum Gasteiger partial charge on any atom is -0.483 e. The molecule has 8 nitrogen and oxygen atoms in total. The maximum atomic E-state index is 12.7. The summed E-state index contributed by atoms with van der Waals surface area (Å²) in [6.45, 7) is 14.0. The van der Waals surface area contributed by atoms with Crippen LogP contribution in [0.5, 0.6) is 11.5 Å². The number of carbonyl (C=O) groups is 2. The first-order valence-corrected chi connectivity index (χ1v) is 14.2. The number of hydrogen-bond donors (Lipinski definition) is 1. The van der Waals surface area contributed by atoms with Crippen LogP contribution < -0.4 is 14.8 Å². The molecule has 39 heavy (non-hydrogen) atoms. The lowest BCUT2D eigenvalue weighted by atomic mass is 9.63. The number of ether oxygens (including phenoxy) is 4. The molecule has 0 saturated carbocycles. The van der Waals surface area contributed by atoms with E-state index in [0.717, 1.165) is 37.7 Å². The predicted molar refractivity (Wildman–Crippen MR) is 150 cm³/mol. The Bertz CT molecular complexity index is 1080. The Hall–Kier alpha value is -2.74. The van der Waals surface area contributed by atoms with Gasteiger partial charge in [-0.05, 0) is 85.1 Å². The molecule has 1 spiro atoms. The van der Waals surface area contributed by atoms with Gasteiger partial charge in [-0.15, -0.1) is 0 Å². The van der Waals surface area contributed by atoms with Gasteiger partial charge in [0.25, 0.3) is 5.91 Å². The second-order valence-corrected chi connectivity index (χ2v) is 12.9. The normalized spacial score (nSPS) is 25.6. The second-order valence-electron chi connectivity index (χ2n) is 12.9. The summed E-state index contributed by atoms with van der Waals surface area (Å²) in [7, 11) is 1.59. The van der Waals surface area contributed by atoms with E-state index in [0.29, 0.717) is 31.2 Å². The van der Waals surface area contributed by atoms with Crippen molar-refractivity contribution in [1.82, 2.24) is 10.2 Å². The smallest absolute Gasteiger partial charge is 0.410 e. The van der Waals surface area contributed by atoms with Crippen LogP contribution in [0.3, 0.4) is 0 Å². The van der Waals surface area contributed by atoms with Gasteiger partial charge >= 0.3 is 6.09 Å². The number of rotatable bonds is 6. The van der Waals surface area contributed by atoms with Gasteiger partial charge in [-0.1, -0.05) is 23.8 Å². The van der Waals surface area contributed by atoms with Gasteiger partial charge in [0, 0.05) is 31.6 Å². The summed E-state index contributed by atoms with van der Waals surface area (Å²) in [6.07, 6.45) is 6.36. The first-order chi connectivity index (χ1) is 18.3. The highest BCUT2D eigenvalue weighted by Gasteiger charge is 2.55. The molecule has 0 unspecified atom stereocenters. The fourth-order valence-corrected chi connectivity index (χ4v) is 6.08. The molecule has 1 N–H and O–H groups in total. The molecule has 216 valence electrons. The summed E-state index contributed by atoms with van der Waals surface area (Å²) in [5.41, 5.74) is 1.27. The number of likely N-dealkylation sites (tertiary alicyclic amines) is 1. The summed E-state index contributed by atoms with van der Waals surface area (Å²) >= 11 is 0. The van der Waals surface area contributed by atoms with E-state index < -0.39 is 11.2 Å². The van der Waals surface area contributed by atoms with Gasteiger partial charge in [0.05, 0.1) is 12.7 Å². The fraction of sp³-hybridized carbons (Fsp3) is 0.677. The molecule has 8 heteroatoms. The average Bonchev–Trinajstić information content (AvgIpc) is 2.87. The van der Waals surface area contributed by atoms with Gasteiger partial charge in [-0.2, -0.15) is 0 Å². The van der Waals surface area contributed by atoms with Crippen molar-refractivity contribution >= 4 is 12.0 Å². The van der Waals surface area contributed by atoms with Crippen molar-refractivity contribution in [3.05, 3.63) is 35.4 Å². The van der Waals surface area contributed by atoms with Crippen LogP contribution in [0.2, 0.25) is 0 Å². The van der Waals surface area contributed by atoms with Crippen LogP contribution >= 0.6 is 0 Å². The first kappa shape index (κ1) is 29.2. The minimum atomic E-state index is -0.504. The van der Waals surface area contributed by atoms with Gasteiger partial charge in [-0.3, -0.25) is 4.79 Å². The van der Waals surface area contributed by atoms with Crippen LogP contribution in [-0.4, -0.2) is 61.5 Å². The summed E-state index contributed by atoms with van der Waals surface area (Å²) in [4.78, 5) is 26.4. The van der Waals surface area contributed by atoms with Crippen molar-refractivity contribution in [3.8, 4) is 11.5 Å². The lowest BCUT2D eigenvalue weighted by Gasteiger charge is -2.55. The molecule has 1 aromatic rings. The number of nitrogens with one attached hydrogen (secondary N) is 1. The number of benzene rings is 1. The number of para-hydroxylation sites is 1. The zero-order valence-corrected chi connectivity index (χ0v) is 24.7. The monoisotopic (exact) mass is 542 g/mol. The highest BCUT2D eigenvalue weighted by atomic mass is 16.6. The maximum Gasteiger partial charge on any atom is 0.410 e. The van der Waals surface area contributed by atoms with Crippen LogP contribution in [0.4, 0.5) is 4.79 Å². The number of carbonyl (C=O) groups excluding carboxylic acids is 2. The number of amides is 2. The molecule has 2 amide bonds. The van der Waals surface area contributed by atoms with Crippen LogP contribution in [0.25, 0.3) is 0 Å². The number of nitrogens with zero attached hydrogens (tertiary/aromatic N) is 1. The van der Waals surface area contributed by atoms with Crippen molar-refractivity contribution in [2.45, 2.75) is 91.0 Å². The SMILES string of the molecule is CNC(=O)COc1cccc2c1O[C@@](C)(CCC=C(C)C)[C@H]1CC3(CCN(C(=O)OC(C)(C)C)CC3)CO[C@H]21. The summed E-state index contributed by atoms with van der Waals surface area (Å²) in [5, 5.41) is 2.60. The average molecular weight is 543 g/mol. The zero-order chi connectivity index (χ0) is 28.4. The van der Waals surface area contributed by atoms with Crippen molar-refractivity contribution in [3.63, 3.8) is 0 Å². The third kappa shape index (κ3) is 6.71. The third-order valence-electron chi connectivity index (χ3n) is 8.33. The fourth-order valence-electron chi connectivity index (χ4n) is 6.08. The van der Waals surface area contributed by atoms with Crippen LogP contribution in [0.1, 0.15) is 85.3 Å². The van der Waals surface area contributed by atoms with E-state index in [1.165, 1.54) is 5.57 Å². The van der Waals surface area contributed by atoms with Gasteiger partial charge in [0.15, 0.2) is 18.1 Å². The highest BCUT2D eigenvalue weighted by molar-refractivity contribution is 5.77. The van der Waals surface area contributed by atoms with Crippen molar-refractivity contribution in [2.24, 2.45) is 11.3 Å². The Morgan fingerprint density at radius 3 is 2.56 bits per heavy atom. The molecule has 3 atom stereocenters. The number of fused-ring (bicyclic) bond motifs is 3. The highest BCUT2D eigenvalue weighted by Crippen LogP contribution is 2.58. The topological polar surface area (TPSA) is 86.3 Å². The van der Waals surface area contributed by atoms with E-state index in [4.69, 9.17) is 18.9 Å². The molecule has 1 aromatic carbocycles. The van der Waals surface area contributed by atoms with Gasteiger partial charge in [0.1, 0.15) is 11.2 Å². The van der Waals surface area contributed by atoms with Crippen LogP contribution in [0.15, 0.2) is 29.8 Å². The molecule has 3 aliphatic rings. The number of likely N-dealkylation sites (N-methyl/N-ethyl adjacent to an activating group) is 1. The lowest BCUT2D eigenvalue weighted by Crippen LogP contribution is -2.56. The molecule has 0 aliphatic carbocycles. The molecule has 0 radical (unpaired) electrons. The van der Waals surface area contributed by atoms with E-state index in [1.807, 2.05) is 37.8 Å². The molecule has 0 aromatic heterocycles. The van der Waals surface area contributed by atoms with E-state index in [1.54, 1.807) is 7.05 Å². The van der Waals surface area contributed by atoms with Crippen LogP contribution in [0, 0.1) is 11.3 Å². The molecule has 0 bridgehead atoms. The Morgan fingerprint density at radius 2 is 1.92 bits per heavy atom. The zero-order valence-electron chi connectivity index (χ0n) is 24.7. The number of allylic oxidation sites excluding steroid dienone is 2. The number of piperidine rings is 1. The quantitative estimate of drug-likeness (QED) is 0.457. The Labute approximate surface area is 233 Å². The summed E-state index contributed by atoms with van der Waals surface area (Å²) in [5.74, 6) is 1.20. The third-order valence-corrected chi connectivity index (χ3v) is 8.33. The summed E-state index contributed by atoms with van der Waals surface area (Å²) in [6, 6.07) is 5.85. The molecule has 3 aliphatic heterocycles. The standard InChI is InChI=1S/C31H46N2O6/c1-21(2)10-9-13-30(6)23-18-31(14-16-33(17-15-31)28(35)39-29(3,4)5)20-37-26(23)22-11-8-12-24(27(22)38-30)36-19-25(34)32-7/h8,10-12,23,26H,9,13-20H2,1-7H3,(H,32,34)/t23-,26+,30-/m0/s1. The Morgan fingerprint density at radius 1 is 1.21 bits per heavy atom. The van der Waals surface area contributed by atoms with E-state index in [9.17, 15) is 9.59 Å². The Balaban J connectivity index is 1.57. The molecular formula is C31H46N2O6. The molecule has 2 saturated heterocycles. The summed E-state index contributed by atoms with van der Waals surface area (Å²) < 4.78 is 25.1. The van der Waals surface area contributed by atoms with E-state index >= 15 is 0 Å². The Kier molecular flexibility index (Phi) is 8.55. The molecule has 4 rings (SSSR count). The van der Waals surface area contributed by atoms with Crippen molar-refractivity contribution in [2.75, 3.05) is 33.4 Å². The van der Waals surface area contributed by atoms with Gasteiger partial charge < -0.3 is 29.2 Å².